The molecule has 5 rings (SSSR count). The Morgan fingerprint density at radius 3 is 2.81 bits per heavy atom. The van der Waals surface area contributed by atoms with Gasteiger partial charge in [0.05, 0.1) is 11.8 Å². The van der Waals surface area contributed by atoms with Gasteiger partial charge in [-0.2, -0.15) is 0 Å². The predicted molar refractivity (Wildman–Crippen MR) is 104 cm³/mol. The number of nitrogens with zero attached hydrogens (tertiary/aromatic N) is 3. The van der Waals surface area contributed by atoms with Crippen molar-refractivity contribution >= 4 is 11.0 Å². The fourth-order valence-electron chi connectivity index (χ4n) is 3.98. The molecular weight excluding hydrogens is 338 g/mol. The molecule has 1 N–H and O–H groups in total. The zero-order valence-electron chi connectivity index (χ0n) is 15.0. The molecule has 0 fully saturated rings. The van der Waals surface area contributed by atoms with Crippen LogP contribution in [0.5, 0.6) is 5.75 Å². The largest absolute Gasteiger partial charge is 0.507 e. The number of rotatable bonds is 2. The van der Waals surface area contributed by atoms with Crippen molar-refractivity contribution in [3.8, 4) is 17.1 Å². The Balaban J connectivity index is 1.64. The van der Waals surface area contributed by atoms with Gasteiger partial charge in [-0.3, -0.25) is 0 Å². The Bertz CT molecular complexity index is 1120. The van der Waals surface area contributed by atoms with Crippen LogP contribution < -0.4 is 0 Å². The lowest BCUT2D eigenvalue weighted by molar-refractivity contribution is 0.288. The first-order valence-electron chi connectivity index (χ1n) is 8.98. The zero-order valence-corrected chi connectivity index (χ0v) is 15.0. The Morgan fingerprint density at radius 2 is 1.96 bits per heavy atom. The Morgan fingerprint density at radius 1 is 1.11 bits per heavy atom. The summed E-state index contributed by atoms with van der Waals surface area (Å²) in [6.07, 6.45) is 5.09. The van der Waals surface area contributed by atoms with E-state index in [1.165, 1.54) is 5.56 Å². The SMILES string of the molecule is CN1Cc2c(ccc(-c3ncccn3)c2O)C(c2ccc3ccoc3c2)C1. The lowest BCUT2D eigenvalue weighted by atomic mass is 9.83. The molecule has 27 heavy (non-hydrogen) atoms. The second-order valence-corrected chi connectivity index (χ2v) is 7.07. The third kappa shape index (κ3) is 2.67. The molecule has 1 aliphatic heterocycles. The lowest BCUT2D eigenvalue weighted by Gasteiger charge is -2.33. The highest BCUT2D eigenvalue weighted by molar-refractivity contribution is 5.78. The van der Waals surface area contributed by atoms with Crippen LogP contribution >= 0.6 is 0 Å². The first-order valence-corrected chi connectivity index (χ1v) is 8.98. The number of aromatic hydroxyl groups is 1. The number of phenols is 1. The summed E-state index contributed by atoms with van der Waals surface area (Å²) in [6, 6.07) is 14.1. The molecule has 0 spiro atoms. The fraction of sp³-hybridized carbons (Fsp3) is 0.182. The topological polar surface area (TPSA) is 62.4 Å². The molecule has 134 valence electrons. The van der Waals surface area contributed by atoms with Crippen LogP contribution in [0.1, 0.15) is 22.6 Å². The molecule has 3 heterocycles. The standard InChI is InChI=1S/C22H19N3O2/c1-25-12-18(15-4-3-14-7-10-27-20(14)11-15)16-5-6-17(21(26)19(16)13-25)22-23-8-2-9-24-22/h2-11,18,26H,12-13H2,1H3. The van der Waals surface area contributed by atoms with Crippen LogP contribution in [0.3, 0.4) is 0 Å². The summed E-state index contributed by atoms with van der Waals surface area (Å²) in [4.78, 5) is 10.8. The summed E-state index contributed by atoms with van der Waals surface area (Å²) in [5.41, 5.74) is 4.84. The maximum Gasteiger partial charge on any atom is 0.162 e. The lowest BCUT2D eigenvalue weighted by Crippen LogP contribution is -2.31. The van der Waals surface area contributed by atoms with E-state index in [2.05, 4.69) is 46.2 Å². The molecule has 5 nitrogen and oxygen atoms in total. The van der Waals surface area contributed by atoms with Crippen molar-refractivity contribution < 1.29 is 9.52 Å². The minimum atomic E-state index is 0.171. The Hall–Kier alpha value is -3.18. The first kappa shape index (κ1) is 16.0. The van der Waals surface area contributed by atoms with Crippen molar-refractivity contribution in [1.82, 2.24) is 14.9 Å². The third-order valence-electron chi connectivity index (χ3n) is 5.31. The van der Waals surface area contributed by atoms with Crippen LogP contribution in [0.25, 0.3) is 22.4 Å². The molecule has 0 radical (unpaired) electrons. The van der Waals surface area contributed by atoms with E-state index in [-0.39, 0.29) is 11.7 Å². The zero-order chi connectivity index (χ0) is 18.4. The predicted octanol–water partition coefficient (Wildman–Crippen LogP) is 4.17. The highest BCUT2D eigenvalue weighted by Crippen LogP contribution is 2.41. The average Bonchev–Trinajstić information content (AvgIpc) is 3.17. The number of hydrogen-bond acceptors (Lipinski definition) is 5. The quantitative estimate of drug-likeness (QED) is 0.583. The van der Waals surface area contributed by atoms with Crippen LogP contribution in [-0.4, -0.2) is 33.6 Å². The van der Waals surface area contributed by atoms with Gasteiger partial charge >= 0.3 is 0 Å². The molecule has 0 saturated heterocycles. The van der Waals surface area contributed by atoms with E-state index in [0.717, 1.165) is 28.6 Å². The van der Waals surface area contributed by atoms with Gasteiger partial charge in [0.1, 0.15) is 11.3 Å². The van der Waals surface area contributed by atoms with Gasteiger partial charge in [-0.15, -0.1) is 0 Å². The van der Waals surface area contributed by atoms with Crippen molar-refractivity contribution in [1.29, 1.82) is 0 Å². The maximum absolute atomic E-state index is 11.0. The average molecular weight is 357 g/mol. The molecule has 0 bridgehead atoms. The van der Waals surface area contributed by atoms with E-state index in [0.29, 0.717) is 17.9 Å². The minimum Gasteiger partial charge on any atom is -0.507 e. The van der Waals surface area contributed by atoms with Crippen molar-refractivity contribution in [3.63, 3.8) is 0 Å². The second kappa shape index (κ2) is 6.21. The van der Waals surface area contributed by atoms with E-state index in [1.54, 1.807) is 24.7 Å². The van der Waals surface area contributed by atoms with Crippen LogP contribution in [0.15, 0.2) is 65.5 Å². The van der Waals surface area contributed by atoms with Gasteiger partial charge in [-0.25, -0.2) is 9.97 Å². The third-order valence-corrected chi connectivity index (χ3v) is 5.31. The highest BCUT2D eigenvalue weighted by atomic mass is 16.3. The number of benzene rings is 2. The number of likely N-dealkylation sites (N-methyl/N-ethyl adjacent to an activating group) is 1. The van der Waals surface area contributed by atoms with Crippen LogP contribution in [-0.2, 0) is 6.54 Å². The Kier molecular flexibility index (Phi) is 3.69. The normalized spacial score (nSPS) is 17.1. The van der Waals surface area contributed by atoms with Crippen LogP contribution in [0, 0.1) is 0 Å². The van der Waals surface area contributed by atoms with E-state index in [9.17, 15) is 5.11 Å². The number of hydrogen-bond donors (Lipinski definition) is 1. The molecule has 0 aliphatic carbocycles. The summed E-state index contributed by atoms with van der Waals surface area (Å²) >= 11 is 0. The summed E-state index contributed by atoms with van der Waals surface area (Å²) in [5.74, 6) is 0.985. The van der Waals surface area contributed by atoms with Gasteiger partial charge in [-0.05, 0) is 42.4 Å². The molecule has 1 atom stereocenters. The Labute approximate surface area is 156 Å². The monoisotopic (exact) mass is 357 g/mol. The van der Waals surface area contributed by atoms with Crippen molar-refractivity contribution in [3.05, 3.63) is 77.8 Å². The van der Waals surface area contributed by atoms with Gasteiger partial charge in [-0.1, -0.05) is 18.2 Å². The van der Waals surface area contributed by atoms with Gasteiger partial charge in [0.2, 0.25) is 0 Å². The molecular formula is C22H19N3O2. The number of fused-ring (bicyclic) bond motifs is 2. The highest BCUT2D eigenvalue weighted by Gasteiger charge is 2.28. The van der Waals surface area contributed by atoms with E-state index < -0.39 is 0 Å². The molecule has 1 aliphatic rings. The molecule has 0 amide bonds. The number of furan rings is 1. The summed E-state index contributed by atoms with van der Waals surface area (Å²) in [5, 5.41) is 12.1. The van der Waals surface area contributed by atoms with Crippen molar-refractivity contribution in [2.75, 3.05) is 13.6 Å². The van der Waals surface area contributed by atoms with Crippen LogP contribution in [0.2, 0.25) is 0 Å². The van der Waals surface area contributed by atoms with Crippen molar-refractivity contribution in [2.45, 2.75) is 12.5 Å². The molecule has 2 aromatic heterocycles. The van der Waals surface area contributed by atoms with Gasteiger partial charge in [0.25, 0.3) is 0 Å². The molecule has 2 aromatic carbocycles. The molecule has 4 aromatic rings. The molecule has 0 saturated carbocycles. The van der Waals surface area contributed by atoms with Gasteiger partial charge < -0.3 is 14.4 Å². The minimum absolute atomic E-state index is 0.171. The maximum atomic E-state index is 11.0. The van der Waals surface area contributed by atoms with Gasteiger partial charge in [0.15, 0.2) is 5.82 Å². The molecule has 1 unspecified atom stereocenters. The van der Waals surface area contributed by atoms with E-state index >= 15 is 0 Å². The number of phenolic OH excluding ortho intramolecular Hbond substituents is 1. The summed E-state index contributed by atoms with van der Waals surface area (Å²) in [7, 11) is 2.08. The second-order valence-electron chi connectivity index (χ2n) is 7.07. The van der Waals surface area contributed by atoms with E-state index in [1.807, 2.05) is 12.1 Å². The van der Waals surface area contributed by atoms with E-state index in [4.69, 9.17) is 4.42 Å². The number of aromatic nitrogens is 2. The van der Waals surface area contributed by atoms with Crippen molar-refractivity contribution in [2.24, 2.45) is 0 Å². The molecule has 5 heteroatoms. The van der Waals surface area contributed by atoms with Gasteiger partial charge in [0, 0.05) is 42.4 Å². The van der Waals surface area contributed by atoms with Crippen LogP contribution in [0.4, 0.5) is 0 Å². The smallest absolute Gasteiger partial charge is 0.162 e. The summed E-state index contributed by atoms with van der Waals surface area (Å²) in [6.45, 7) is 1.58. The first-order chi connectivity index (χ1) is 13.2. The summed E-state index contributed by atoms with van der Waals surface area (Å²) < 4.78 is 5.59. The fourth-order valence-corrected chi connectivity index (χ4v) is 3.98.